The van der Waals surface area contributed by atoms with Gasteiger partial charge in [0, 0.05) is 10.6 Å². The van der Waals surface area contributed by atoms with Crippen LogP contribution < -0.4 is 5.73 Å². The van der Waals surface area contributed by atoms with Gasteiger partial charge in [-0.25, -0.2) is 4.68 Å². The van der Waals surface area contributed by atoms with Crippen LogP contribution in [0.25, 0.3) is 16.9 Å². The van der Waals surface area contributed by atoms with Crippen molar-refractivity contribution in [3.8, 4) is 16.9 Å². The minimum absolute atomic E-state index is 0.615. The van der Waals surface area contributed by atoms with Crippen molar-refractivity contribution in [2.75, 3.05) is 5.73 Å². The van der Waals surface area contributed by atoms with Crippen molar-refractivity contribution in [2.45, 2.75) is 13.8 Å². The fourth-order valence-corrected chi connectivity index (χ4v) is 2.31. The lowest BCUT2D eigenvalue weighted by atomic mass is 10.1. The number of halogens is 1. The second-order valence-corrected chi connectivity index (χ2v) is 5.12. The highest BCUT2D eigenvalue weighted by atomic mass is 35.5. The molecule has 1 aromatic carbocycles. The van der Waals surface area contributed by atoms with Crippen LogP contribution in [0.5, 0.6) is 0 Å². The average molecular weight is 288 g/mol. The maximum Gasteiger partial charge on any atom is 0.119 e. The summed E-state index contributed by atoms with van der Waals surface area (Å²) in [5, 5.41) is 5.23. The Morgan fingerprint density at radius 1 is 1.20 bits per heavy atom. The molecule has 4 nitrogen and oxygen atoms in total. The summed E-state index contributed by atoms with van der Waals surface area (Å²) in [5.74, 6) is 1.66. The molecule has 5 heteroatoms. The van der Waals surface area contributed by atoms with Crippen molar-refractivity contribution in [1.29, 1.82) is 0 Å². The summed E-state index contributed by atoms with van der Waals surface area (Å²) < 4.78 is 7.27. The van der Waals surface area contributed by atoms with E-state index in [1.54, 1.807) is 10.9 Å². The van der Waals surface area contributed by atoms with Gasteiger partial charge in [0.25, 0.3) is 0 Å². The number of nitrogen functional groups attached to an aromatic ring is 1. The van der Waals surface area contributed by atoms with Gasteiger partial charge in [-0.15, -0.1) is 0 Å². The van der Waals surface area contributed by atoms with E-state index in [9.17, 15) is 0 Å². The van der Waals surface area contributed by atoms with Crippen LogP contribution in [-0.4, -0.2) is 9.78 Å². The number of hydrogen-bond acceptors (Lipinski definition) is 3. The Morgan fingerprint density at radius 2 is 1.90 bits per heavy atom. The summed E-state index contributed by atoms with van der Waals surface area (Å²) in [6, 6.07) is 9.38. The number of furan rings is 1. The molecule has 2 N–H and O–H groups in total. The number of nitrogens with two attached hydrogens (primary N) is 1. The third-order valence-electron chi connectivity index (χ3n) is 3.13. The molecule has 0 saturated carbocycles. The molecule has 102 valence electrons. The normalized spacial score (nSPS) is 10.9. The third-order valence-corrected chi connectivity index (χ3v) is 3.38. The van der Waals surface area contributed by atoms with Gasteiger partial charge in [-0.1, -0.05) is 11.6 Å². The van der Waals surface area contributed by atoms with Gasteiger partial charge in [-0.3, -0.25) is 0 Å². The Hall–Kier alpha value is -2.20. The zero-order valence-electron chi connectivity index (χ0n) is 11.2. The van der Waals surface area contributed by atoms with Crippen LogP contribution in [0.15, 0.2) is 40.9 Å². The molecule has 0 bridgehead atoms. The predicted octanol–water partition coefficient (Wildman–Crippen LogP) is 3.98. The molecule has 20 heavy (non-hydrogen) atoms. The zero-order valence-corrected chi connectivity index (χ0v) is 12.0. The molecule has 0 atom stereocenters. The third kappa shape index (κ3) is 2.18. The van der Waals surface area contributed by atoms with Gasteiger partial charge in [0.15, 0.2) is 0 Å². The SMILES string of the molecule is Cc1cc(-c2nn(-c3ccc(Cl)cc3)cc2N)c(C)o1. The van der Waals surface area contributed by atoms with Gasteiger partial charge < -0.3 is 10.2 Å². The Morgan fingerprint density at radius 3 is 2.50 bits per heavy atom. The molecule has 0 aliphatic heterocycles. The minimum atomic E-state index is 0.615. The molecular formula is C15H14ClN3O. The van der Waals surface area contributed by atoms with E-state index in [4.69, 9.17) is 21.8 Å². The number of rotatable bonds is 2. The van der Waals surface area contributed by atoms with Crippen molar-refractivity contribution >= 4 is 17.3 Å². The molecule has 2 aromatic heterocycles. The lowest BCUT2D eigenvalue weighted by Crippen LogP contribution is -1.94. The minimum Gasteiger partial charge on any atom is -0.466 e. The zero-order chi connectivity index (χ0) is 14.3. The van der Waals surface area contributed by atoms with Gasteiger partial charge in [0.2, 0.25) is 0 Å². The highest BCUT2D eigenvalue weighted by Gasteiger charge is 2.15. The summed E-state index contributed by atoms with van der Waals surface area (Å²) >= 11 is 5.89. The first kappa shape index (κ1) is 12.8. The van der Waals surface area contributed by atoms with Crippen molar-refractivity contribution in [1.82, 2.24) is 9.78 Å². The number of aromatic nitrogens is 2. The average Bonchev–Trinajstić information content (AvgIpc) is 2.93. The van der Waals surface area contributed by atoms with Crippen LogP contribution in [0.3, 0.4) is 0 Å². The van der Waals surface area contributed by atoms with E-state index >= 15 is 0 Å². The lowest BCUT2D eigenvalue weighted by Gasteiger charge is -2.00. The number of anilines is 1. The Bertz CT molecular complexity index is 756. The van der Waals surface area contributed by atoms with E-state index in [1.807, 2.05) is 44.2 Å². The molecule has 0 fully saturated rings. The number of nitrogens with zero attached hydrogens (tertiary/aromatic N) is 2. The first-order valence-electron chi connectivity index (χ1n) is 6.23. The maximum atomic E-state index is 6.07. The van der Waals surface area contributed by atoms with Crippen LogP contribution in [0.2, 0.25) is 5.02 Å². The van der Waals surface area contributed by atoms with E-state index in [0.29, 0.717) is 10.7 Å². The molecule has 0 radical (unpaired) electrons. The standard InChI is InChI=1S/C15H14ClN3O/c1-9-7-13(10(2)20-9)15-14(17)8-19(18-15)12-5-3-11(16)4-6-12/h3-8H,17H2,1-2H3. The fourth-order valence-electron chi connectivity index (χ4n) is 2.19. The lowest BCUT2D eigenvalue weighted by molar-refractivity contribution is 0.505. The number of aryl methyl sites for hydroxylation is 2. The first-order chi connectivity index (χ1) is 9.54. The molecule has 0 saturated heterocycles. The smallest absolute Gasteiger partial charge is 0.119 e. The molecule has 0 aliphatic carbocycles. The van der Waals surface area contributed by atoms with Crippen molar-refractivity contribution in [2.24, 2.45) is 0 Å². The van der Waals surface area contributed by atoms with Gasteiger partial charge in [0.1, 0.15) is 17.2 Å². The van der Waals surface area contributed by atoms with Gasteiger partial charge in [0.05, 0.1) is 17.6 Å². The van der Waals surface area contributed by atoms with Gasteiger partial charge >= 0.3 is 0 Å². The van der Waals surface area contributed by atoms with Gasteiger partial charge in [-0.05, 0) is 44.2 Å². The van der Waals surface area contributed by atoms with Crippen LogP contribution in [0.4, 0.5) is 5.69 Å². The van der Waals surface area contributed by atoms with E-state index in [-0.39, 0.29) is 0 Å². The van der Waals surface area contributed by atoms with Gasteiger partial charge in [-0.2, -0.15) is 5.10 Å². The highest BCUT2D eigenvalue weighted by Crippen LogP contribution is 2.30. The summed E-state index contributed by atoms with van der Waals surface area (Å²) in [4.78, 5) is 0. The number of hydrogen-bond donors (Lipinski definition) is 1. The molecule has 0 spiro atoms. The second kappa shape index (κ2) is 4.72. The first-order valence-corrected chi connectivity index (χ1v) is 6.61. The molecule has 0 amide bonds. The Balaban J connectivity index is 2.07. The van der Waals surface area contributed by atoms with E-state index in [0.717, 1.165) is 28.5 Å². The topological polar surface area (TPSA) is 57.0 Å². The van der Waals surface area contributed by atoms with Crippen LogP contribution >= 0.6 is 11.6 Å². The largest absolute Gasteiger partial charge is 0.466 e. The predicted molar refractivity (Wildman–Crippen MR) is 80.2 cm³/mol. The van der Waals surface area contributed by atoms with E-state index in [1.165, 1.54) is 0 Å². The van der Waals surface area contributed by atoms with E-state index in [2.05, 4.69) is 5.10 Å². The highest BCUT2D eigenvalue weighted by molar-refractivity contribution is 6.30. The quantitative estimate of drug-likeness (QED) is 0.775. The Kier molecular flexibility index (Phi) is 3.03. The monoisotopic (exact) mass is 287 g/mol. The molecule has 3 rings (SSSR count). The maximum absolute atomic E-state index is 6.07. The Labute approximate surface area is 121 Å². The molecule has 0 unspecified atom stereocenters. The molecule has 0 aliphatic rings. The fraction of sp³-hybridized carbons (Fsp3) is 0.133. The van der Waals surface area contributed by atoms with Crippen molar-refractivity contribution < 1.29 is 4.42 Å². The molecule has 2 heterocycles. The van der Waals surface area contributed by atoms with Crippen molar-refractivity contribution in [3.63, 3.8) is 0 Å². The summed E-state index contributed by atoms with van der Waals surface area (Å²) in [7, 11) is 0. The molecular weight excluding hydrogens is 274 g/mol. The summed E-state index contributed by atoms with van der Waals surface area (Å²) in [5.41, 5.74) is 9.24. The number of benzene rings is 1. The molecule has 3 aromatic rings. The summed E-state index contributed by atoms with van der Waals surface area (Å²) in [6.45, 7) is 3.81. The van der Waals surface area contributed by atoms with E-state index < -0.39 is 0 Å². The van der Waals surface area contributed by atoms with Crippen LogP contribution in [0, 0.1) is 13.8 Å². The second-order valence-electron chi connectivity index (χ2n) is 4.68. The van der Waals surface area contributed by atoms with Crippen molar-refractivity contribution in [3.05, 3.63) is 53.1 Å². The van der Waals surface area contributed by atoms with Crippen LogP contribution in [-0.2, 0) is 0 Å². The van der Waals surface area contributed by atoms with Crippen LogP contribution in [0.1, 0.15) is 11.5 Å². The summed E-state index contributed by atoms with van der Waals surface area (Å²) in [6.07, 6.45) is 1.79.